The predicted octanol–water partition coefficient (Wildman–Crippen LogP) is 12.2. The van der Waals surface area contributed by atoms with Crippen LogP contribution in [0.15, 0.2) is 137 Å². The molecule has 3 aromatic rings. The standard InChI is InChI=1S/C46H50N2/c1-29-17-21-37(25-33(29)5)47(38-22-18-30(2)34(6)26-38)45-41-13-9-11-15-43(41)46(44-16-12-10-14-42(44)45)48(39-23-19-31(3)35(7)27-39)40-24-20-32(4)36(8)28-40/h9-19,21-22,25-28,39,41,45H,20,23-24H2,1-8H3. The van der Waals surface area contributed by atoms with Crippen LogP contribution in [0.5, 0.6) is 0 Å². The number of fused-ring (bicyclic) bond motifs is 2. The fourth-order valence-electron chi connectivity index (χ4n) is 7.98. The van der Waals surface area contributed by atoms with Gasteiger partial charge >= 0.3 is 0 Å². The molecule has 0 fully saturated rings. The molecule has 0 radical (unpaired) electrons. The summed E-state index contributed by atoms with van der Waals surface area (Å²) in [6, 6.07) is 23.6. The van der Waals surface area contributed by atoms with Gasteiger partial charge in [0.25, 0.3) is 0 Å². The Labute approximate surface area is 288 Å². The molecule has 4 aliphatic rings. The summed E-state index contributed by atoms with van der Waals surface area (Å²) < 4.78 is 0. The second-order valence-corrected chi connectivity index (χ2v) is 14.5. The van der Waals surface area contributed by atoms with E-state index in [1.165, 1.54) is 84.0 Å². The SMILES string of the molecule is CC1=CCC(N(C2=CC(C)=C(C)CC2)C2=C3C=CC=CC3C(N(c3ccc(C)c(C)c3)c3ccc(C)c(C)c3)c3ccccc32)C=C1C. The molecule has 0 amide bonds. The van der Waals surface area contributed by atoms with E-state index in [2.05, 4.69) is 168 Å². The van der Waals surface area contributed by atoms with Gasteiger partial charge in [-0.15, -0.1) is 0 Å². The van der Waals surface area contributed by atoms with Crippen LogP contribution in [0.4, 0.5) is 11.4 Å². The van der Waals surface area contributed by atoms with E-state index in [0.29, 0.717) is 0 Å². The van der Waals surface area contributed by atoms with Crippen LogP contribution in [0, 0.1) is 33.6 Å². The molecular weight excluding hydrogens is 581 g/mol. The summed E-state index contributed by atoms with van der Waals surface area (Å²) in [5, 5.41) is 0. The Morgan fingerprint density at radius 3 is 2.00 bits per heavy atom. The van der Waals surface area contributed by atoms with E-state index in [1.54, 1.807) is 0 Å². The molecule has 3 unspecified atom stereocenters. The van der Waals surface area contributed by atoms with E-state index in [4.69, 9.17) is 0 Å². The molecule has 0 bridgehead atoms. The first-order valence-electron chi connectivity index (χ1n) is 17.8. The van der Waals surface area contributed by atoms with Crippen molar-refractivity contribution in [1.29, 1.82) is 0 Å². The summed E-state index contributed by atoms with van der Waals surface area (Å²) in [5.74, 6) is 0.166. The summed E-state index contributed by atoms with van der Waals surface area (Å²) in [4.78, 5) is 5.36. The van der Waals surface area contributed by atoms with Gasteiger partial charge in [-0.25, -0.2) is 0 Å². The molecule has 4 aliphatic carbocycles. The number of aryl methyl sites for hydroxylation is 4. The number of anilines is 2. The molecule has 244 valence electrons. The van der Waals surface area contributed by atoms with Gasteiger partial charge in [-0.3, -0.25) is 0 Å². The Bertz CT molecular complexity index is 1950. The summed E-state index contributed by atoms with van der Waals surface area (Å²) in [6.45, 7) is 18.0. The molecule has 0 spiro atoms. The third-order valence-electron chi connectivity index (χ3n) is 11.5. The fraction of sp³-hybridized carbons (Fsp3) is 0.304. The largest absolute Gasteiger partial charge is 0.337 e. The maximum atomic E-state index is 2.74. The number of hydrogen-bond acceptors (Lipinski definition) is 2. The van der Waals surface area contributed by atoms with Crippen molar-refractivity contribution in [2.24, 2.45) is 5.92 Å². The molecule has 0 aliphatic heterocycles. The molecule has 0 saturated carbocycles. The second-order valence-electron chi connectivity index (χ2n) is 14.5. The third kappa shape index (κ3) is 5.66. The zero-order valence-corrected chi connectivity index (χ0v) is 30.1. The van der Waals surface area contributed by atoms with Crippen LogP contribution in [-0.2, 0) is 0 Å². The van der Waals surface area contributed by atoms with E-state index >= 15 is 0 Å². The van der Waals surface area contributed by atoms with Crippen LogP contribution in [0.3, 0.4) is 0 Å². The Hall–Kier alpha value is -4.56. The molecule has 3 aromatic carbocycles. The van der Waals surface area contributed by atoms with Crippen molar-refractivity contribution in [1.82, 2.24) is 4.90 Å². The molecule has 2 nitrogen and oxygen atoms in total. The third-order valence-corrected chi connectivity index (χ3v) is 11.5. The minimum absolute atomic E-state index is 0.0854. The van der Waals surface area contributed by atoms with E-state index in [0.717, 1.165) is 19.3 Å². The van der Waals surface area contributed by atoms with Crippen LogP contribution in [0.1, 0.15) is 86.4 Å². The molecule has 0 saturated heterocycles. The Kier molecular flexibility index (Phi) is 8.54. The smallest absolute Gasteiger partial charge is 0.0702 e. The quantitative estimate of drug-likeness (QED) is 0.267. The molecule has 0 heterocycles. The fourth-order valence-corrected chi connectivity index (χ4v) is 7.98. The minimum atomic E-state index is 0.0854. The van der Waals surface area contributed by atoms with Crippen molar-refractivity contribution in [3.8, 4) is 0 Å². The van der Waals surface area contributed by atoms with Crippen LogP contribution >= 0.6 is 0 Å². The lowest BCUT2D eigenvalue weighted by Crippen LogP contribution is -2.40. The number of nitrogens with zero attached hydrogens (tertiary/aromatic N) is 2. The lowest BCUT2D eigenvalue weighted by Gasteiger charge is -2.47. The van der Waals surface area contributed by atoms with Crippen molar-refractivity contribution in [2.45, 2.75) is 86.7 Å². The van der Waals surface area contributed by atoms with E-state index < -0.39 is 0 Å². The summed E-state index contributed by atoms with van der Waals surface area (Å²) >= 11 is 0. The topological polar surface area (TPSA) is 6.48 Å². The highest BCUT2D eigenvalue weighted by Crippen LogP contribution is 2.53. The van der Waals surface area contributed by atoms with Gasteiger partial charge in [0, 0.05) is 28.6 Å². The van der Waals surface area contributed by atoms with Gasteiger partial charge in [-0.2, -0.15) is 0 Å². The highest BCUT2D eigenvalue weighted by Gasteiger charge is 2.41. The highest BCUT2D eigenvalue weighted by atomic mass is 15.2. The Balaban J connectivity index is 1.49. The van der Waals surface area contributed by atoms with Gasteiger partial charge in [0.05, 0.1) is 17.8 Å². The maximum absolute atomic E-state index is 2.74. The first kappa shape index (κ1) is 32.0. The number of benzene rings is 3. The second kappa shape index (κ2) is 12.8. The molecular formula is C46H50N2. The van der Waals surface area contributed by atoms with Crippen LogP contribution < -0.4 is 4.90 Å². The molecule has 0 N–H and O–H groups in total. The van der Waals surface area contributed by atoms with Gasteiger partial charge in [-0.05, 0) is 138 Å². The van der Waals surface area contributed by atoms with Crippen molar-refractivity contribution >= 4 is 17.1 Å². The zero-order valence-electron chi connectivity index (χ0n) is 30.1. The lowest BCUT2D eigenvalue weighted by molar-refractivity contribution is 0.384. The minimum Gasteiger partial charge on any atom is -0.337 e. The normalized spacial score (nSPS) is 21.8. The van der Waals surface area contributed by atoms with Gasteiger partial charge in [-0.1, -0.05) is 95.1 Å². The Morgan fingerprint density at radius 2 is 1.35 bits per heavy atom. The van der Waals surface area contributed by atoms with Crippen molar-refractivity contribution in [3.05, 3.63) is 170 Å². The number of allylic oxidation sites excluding steroid dienone is 9. The van der Waals surface area contributed by atoms with Crippen LogP contribution in [-0.4, -0.2) is 10.9 Å². The predicted molar refractivity (Wildman–Crippen MR) is 205 cm³/mol. The summed E-state index contributed by atoms with van der Waals surface area (Å²) in [7, 11) is 0. The van der Waals surface area contributed by atoms with Crippen LogP contribution in [0.2, 0.25) is 0 Å². The van der Waals surface area contributed by atoms with E-state index in [-0.39, 0.29) is 18.0 Å². The summed E-state index contributed by atoms with van der Waals surface area (Å²) in [5.41, 5.74) is 20.4. The highest BCUT2D eigenvalue weighted by molar-refractivity contribution is 5.81. The van der Waals surface area contributed by atoms with Crippen molar-refractivity contribution < 1.29 is 0 Å². The van der Waals surface area contributed by atoms with Crippen molar-refractivity contribution in [2.75, 3.05) is 4.90 Å². The first-order chi connectivity index (χ1) is 23.1. The zero-order chi connectivity index (χ0) is 33.7. The van der Waals surface area contributed by atoms with Crippen LogP contribution in [0.25, 0.3) is 5.70 Å². The Morgan fingerprint density at radius 1 is 0.667 bits per heavy atom. The van der Waals surface area contributed by atoms with Gasteiger partial charge < -0.3 is 9.80 Å². The molecule has 2 heteroatoms. The van der Waals surface area contributed by atoms with Gasteiger partial charge in [0.15, 0.2) is 0 Å². The van der Waals surface area contributed by atoms with Gasteiger partial charge in [0.1, 0.15) is 0 Å². The molecule has 7 rings (SSSR count). The van der Waals surface area contributed by atoms with Gasteiger partial charge in [0.2, 0.25) is 0 Å². The first-order valence-corrected chi connectivity index (χ1v) is 17.8. The number of rotatable bonds is 6. The van der Waals surface area contributed by atoms with E-state index in [9.17, 15) is 0 Å². The maximum Gasteiger partial charge on any atom is 0.0702 e. The molecule has 3 atom stereocenters. The summed E-state index contributed by atoms with van der Waals surface area (Å²) in [6.07, 6.45) is 20.0. The molecule has 0 aromatic heterocycles. The monoisotopic (exact) mass is 630 g/mol. The lowest BCUT2D eigenvalue weighted by atomic mass is 9.73. The molecule has 48 heavy (non-hydrogen) atoms. The number of hydrogen-bond donors (Lipinski definition) is 0. The average Bonchev–Trinajstić information content (AvgIpc) is 3.08. The van der Waals surface area contributed by atoms with E-state index in [1.807, 2.05) is 0 Å². The van der Waals surface area contributed by atoms with Crippen molar-refractivity contribution in [3.63, 3.8) is 0 Å². The average molecular weight is 631 g/mol.